The Labute approximate surface area is 160 Å². The molecule has 1 aromatic carbocycles. The number of carbonyl (C=O) groups excluding carboxylic acids is 1. The van der Waals surface area contributed by atoms with Gasteiger partial charge < -0.3 is 20.7 Å². The zero-order valence-corrected chi connectivity index (χ0v) is 16.6. The third-order valence-corrected chi connectivity index (χ3v) is 3.73. The second-order valence-electron chi connectivity index (χ2n) is 5.49. The molecule has 1 saturated heterocycles. The minimum Gasteiger partial charge on any atom is -0.376 e. The van der Waals surface area contributed by atoms with Crippen LogP contribution in [0.1, 0.15) is 35.7 Å². The highest BCUT2D eigenvalue weighted by Gasteiger charge is 2.15. The van der Waals surface area contributed by atoms with E-state index in [1.165, 1.54) is 0 Å². The van der Waals surface area contributed by atoms with E-state index in [0.717, 1.165) is 44.1 Å². The Kier molecular flexibility index (Phi) is 9.70. The Morgan fingerprint density at radius 3 is 2.62 bits per heavy atom. The van der Waals surface area contributed by atoms with Gasteiger partial charge in [0.1, 0.15) is 0 Å². The first kappa shape index (κ1) is 20.7. The van der Waals surface area contributed by atoms with Gasteiger partial charge in [0.2, 0.25) is 0 Å². The number of amides is 1. The highest BCUT2D eigenvalue weighted by Crippen LogP contribution is 2.10. The molecule has 1 aliphatic rings. The molecule has 7 heteroatoms. The predicted octanol–water partition coefficient (Wildman–Crippen LogP) is 1.90. The Bertz CT molecular complexity index is 528. The lowest BCUT2D eigenvalue weighted by Crippen LogP contribution is -2.41. The standard InChI is InChI=1S/C17H26N4O2.HI/c1-3-19-17(21-12-15-5-4-10-23-15)20-11-13-6-8-14(9-7-13)16(22)18-2;/h6-9,15H,3-5,10-12H2,1-2H3,(H,18,22)(H2,19,20,21);1H. The summed E-state index contributed by atoms with van der Waals surface area (Å²) in [4.78, 5) is 16.1. The Morgan fingerprint density at radius 1 is 1.29 bits per heavy atom. The summed E-state index contributed by atoms with van der Waals surface area (Å²) in [7, 11) is 1.63. The average molecular weight is 446 g/mol. The van der Waals surface area contributed by atoms with E-state index in [4.69, 9.17) is 4.74 Å². The summed E-state index contributed by atoms with van der Waals surface area (Å²) >= 11 is 0. The summed E-state index contributed by atoms with van der Waals surface area (Å²) in [5, 5.41) is 9.17. The molecule has 24 heavy (non-hydrogen) atoms. The van der Waals surface area contributed by atoms with Crippen LogP contribution in [0.3, 0.4) is 0 Å². The van der Waals surface area contributed by atoms with E-state index < -0.39 is 0 Å². The molecule has 1 heterocycles. The number of benzene rings is 1. The van der Waals surface area contributed by atoms with Gasteiger partial charge in [-0.2, -0.15) is 0 Å². The van der Waals surface area contributed by atoms with Crippen LogP contribution >= 0.6 is 24.0 Å². The monoisotopic (exact) mass is 446 g/mol. The van der Waals surface area contributed by atoms with Crippen LogP contribution in [0.2, 0.25) is 0 Å². The van der Waals surface area contributed by atoms with Crippen LogP contribution in [0.25, 0.3) is 0 Å². The topological polar surface area (TPSA) is 74.8 Å². The average Bonchev–Trinajstić information content (AvgIpc) is 3.10. The molecule has 1 aliphatic heterocycles. The van der Waals surface area contributed by atoms with Gasteiger partial charge in [-0.3, -0.25) is 4.79 Å². The zero-order chi connectivity index (χ0) is 16.5. The van der Waals surface area contributed by atoms with Gasteiger partial charge in [0.05, 0.1) is 12.6 Å². The minimum absolute atomic E-state index is 0. The van der Waals surface area contributed by atoms with E-state index in [2.05, 4.69) is 20.9 Å². The molecule has 1 unspecified atom stereocenters. The first-order valence-electron chi connectivity index (χ1n) is 8.17. The van der Waals surface area contributed by atoms with Crippen molar-refractivity contribution >= 4 is 35.8 Å². The summed E-state index contributed by atoms with van der Waals surface area (Å²) in [6.07, 6.45) is 2.52. The van der Waals surface area contributed by atoms with E-state index in [0.29, 0.717) is 12.1 Å². The summed E-state index contributed by atoms with van der Waals surface area (Å²) < 4.78 is 5.61. The minimum atomic E-state index is -0.0772. The van der Waals surface area contributed by atoms with Crippen LogP contribution < -0.4 is 16.0 Å². The fourth-order valence-electron chi connectivity index (χ4n) is 2.43. The maximum absolute atomic E-state index is 11.5. The van der Waals surface area contributed by atoms with Crippen molar-refractivity contribution in [1.29, 1.82) is 0 Å². The molecule has 6 nitrogen and oxygen atoms in total. The highest BCUT2D eigenvalue weighted by atomic mass is 127. The number of aliphatic imine (C=N–C) groups is 1. The van der Waals surface area contributed by atoms with Crippen LogP contribution in [0.15, 0.2) is 29.3 Å². The summed E-state index contributed by atoms with van der Waals surface area (Å²) in [6, 6.07) is 7.49. The van der Waals surface area contributed by atoms with E-state index >= 15 is 0 Å². The Hall–Kier alpha value is -1.35. The van der Waals surface area contributed by atoms with Crippen molar-refractivity contribution in [3.05, 3.63) is 35.4 Å². The highest BCUT2D eigenvalue weighted by molar-refractivity contribution is 14.0. The molecule has 0 saturated carbocycles. The van der Waals surface area contributed by atoms with E-state index in [1.807, 2.05) is 31.2 Å². The summed E-state index contributed by atoms with van der Waals surface area (Å²) in [6.45, 7) is 5.06. The first-order valence-corrected chi connectivity index (χ1v) is 8.17. The van der Waals surface area contributed by atoms with E-state index in [1.54, 1.807) is 7.05 Å². The third-order valence-electron chi connectivity index (χ3n) is 3.73. The number of halogens is 1. The molecule has 3 N–H and O–H groups in total. The maximum atomic E-state index is 11.5. The van der Waals surface area contributed by atoms with Gasteiger partial charge in [0, 0.05) is 32.3 Å². The van der Waals surface area contributed by atoms with Crippen molar-refractivity contribution < 1.29 is 9.53 Å². The van der Waals surface area contributed by atoms with Gasteiger partial charge in [-0.1, -0.05) is 12.1 Å². The summed E-state index contributed by atoms with van der Waals surface area (Å²) in [5.74, 6) is 0.713. The lowest BCUT2D eigenvalue weighted by atomic mass is 10.1. The van der Waals surface area contributed by atoms with Crippen molar-refractivity contribution in [3.8, 4) is 0 Å². The van der Waals surface area contributed by atoms with Crippen LogP contribution in [-0.2, 0) is 11.3 Å². The van der Waals surface area contributed by atoms with Crippen molar-refractivity contribution in [2.75, 3.05) is 26.7 Å². The Morgan fingerprint density at radius 2 is 2.04 bits per heavy atom. The van der Waals surface area contributed by atoms with Crippen molar-refractivity contribution in [2.24, 2.45) is 4.99 Å². The molecule has 1 fully saturated rings. The lowest BCUT2D eigenvalue weighted by molar-refractivity contribution is 0.0963. The van der Waals surface area contributed by atoms with Crippen molar-refractivity contribution in [3.63, 3.8) is 0 Å². The second-order valence-corrected chi connectivity index (χ2v) is 5.49. The number of rotatable bonds is 6. The SMILES string of the molecule is CCNC(=NCc1ccc(C(=O)NC)cc1)NCC1CCCO1.I. The number of nitrogens with zero attached hydrogens (tertiary/aromatic N) is 1. The van der Waals surface area contributed by atoms with Gasteiger partial charge in [0.15, 0.2) is 5.96 Å². The van der Waals surface area contributed by atoms with E-state index in [9.17, 15) is 4.79 Å². The molecular formula is C17H27IN4O2. The molecule has 0 bridgehead atoms. The summed E-state index contributed by atoms with van der Waals surface area (Å²) in [5.41, 5.74) is 1.72. The second kappa shape index (κ2) is 11.2. The Balaban J connectivity index is 0.00000288. The number of nitrogens with one attached hydrogen (secondary N) is 3. The van der Waals surface area contributed by atoms with Crippen LogP contribution in [-0.4, -0.2) is 44.7 Å². The molecule has 0 radical (unpaired) electrons. The molecule has 1 amide bonds. The van der Waals surface area contributed by atoms with Crippen molar-refractivity contribution in [1.82, 2.24) is 16.0 Å². The zero-order valence-electron chi connectivity index (χ0n) is 14.3. The van der Waals surface area contributed by atoms with Gasteiger partial charge in [-0.25, -0.2) is 4.99 Å². The fraction of sp³-hybridized carbons (Fsp3) is 0.529. The molecule has 1 atom stereocenters. The smallest absolute Gasteiger partial charge is 0.251 e. The van der Waals surface area contributed by atoms with Gasteiger partial charge in [-0.15, -0.1) is 24.0 Å². The number of guanidine groups is 1. The molecule has 0 spiro atoms. The molecule has 1 aromatic rings. The lowest BCUT2D eigenvalue weighted by Gasteiger charge is -2.14. The maximum Gasteiger partial charge on any atom is 0.251 e. The number of hydrogen-bond donors (Lipinski definition) is 3. The predicted molar refractivity (Wildman–Crippen MR) is 107 cm³/mol. The molecule has 2 rings (SSSR count). The first-order chi connectivity index (χ1) is 11.2. The molecule has 0 aliphatic carbocycles. The van der Waals surface area contributed by atoms with Crippen LogP contribution in [0.4, 0.5) is 0 Å². The van der Waals surface area contributed by atoms with Gasteiger partial charge in [0.25, 0.3) is 5.91 Å². The van der Waals surface area contributed by atoms with Crippen LogP contribution in [0, 0.1) is 0 Å². The largest absolute Gasteiger partial charge is 0.376 e. The molecular weight excluding hydrogens is 419 g/mol. The van der Waals surface area contributed by atoms with Gasteiger partial charge >= 0.3 is 0 Å². The normalized spacial score (nSPS) is 17.1. The molecule has 134 valence electrons. The fourth-order valence-corrected chi connectivity index (χ4v) is 2.43. The number of carbonyl (C=O) groups is 1. The quantitative estimate of drug-likeness (QED) is 0.355. The van der Waals surface area contributed by atoms with E-state index in [-0.39, 0.29) is 36.0 Å². The number of ether oxygens (including phenoxy) is 1. The number of hydrogen-bond acceptors (Lipinski definition) is 3. The molecule has 0 aromatic heterocycles. The van der Waals surface area contributed by atoms with Crippen LogP contribution in [0.5, 0.6) is 0 Å². The van der Waals surface area contributed by atoms with Gasteiger partial charge in [-0.05, 0) is 37.5 Å². The van der Waals surface area contributed by atoms with Crippen molar-refractivity contribution in [2.45, 2.75) is 32.4 Å². The third kappa shape index (κ3) is 6.64.